The van der Waals surface area contributed by atoms with E-state index in [0.717, 1.165) is 38.4 Å². The monoisotopic (exact) mass is 331 g/mol. The van der Waals surface area contributed by atoms with Crippen molar-refractivity contribution in [3.63, 3.8) is 0 Å². The average molecular weight is 332 g/mol. The Kier molecular flexibility index (Phi) is 3.22. The lowest BCUT2D eigenvalue weighted by Crippen LogP contribution is -1.97. The van der Waals surface area contributed by atoms with Gasteiger partial charge in [0.2, 0.25) is 0 Å². The Morgan fingerprint density at radius 1 is 1.15 bits per heavy atom. The second-order valence-corrected chi connectivity index (χ2v) is 5.52. The van der Waals surface area contributed by atoms with E-state index < -0.39 is 0 Å². The van der Waals surface area contributed by atoms with Crippen LogP contribution in [0.25, 0.3) is 16.9 Å². The second-order valence-electron chi connectivity index (χ2n) is 4.71. The lowest BCUT2D eigenvalue weighted by molar-refractivity contribution is 0.411. The van der Waals surface area contributed by atoms with Gasteiger partial charge in [0.15, 0.2) is 5.65 Å². The number of halogens is 1. The molecule has 0 unspecified atom stereocenters. The largest absolute Gasteiger partial charge is 0.496 e. The summed E-state index contributed by atoms with van der Waals surface area (Å²) in [7, 11) is 1.69. The van der Waals surface area contributed by atoms with Crippen LogP contribution in [0.3, 0.4) is 0 Å². The van der Waals surface area contributed by atoms with Crippen LogP contribution >= 0.6 is 15.9 Å². The SMILES string of the molecule is COc1cc(C)c(-c2ccc3ncc(Br)n3n2)cc1C. The molecule has 2 aromatic heterocycles. The quantitative estimate of drug-likeness (QED) is 0.717. The molecule has 0 saturated carbocycles. The summed E-state index contributed by atoms with van der Waals surface area (Å²) in [4.78, 5) is 4.25. The van der Waals surface area contributed by atoms with Gasteiger partial charge in [0.1, 0.15) is 10.4 Å². The number of aryl methyl sites for hydroxylation is 2. The van der Waals surface area contributed by atoms with E-state index in [1.165, 1.54) is 0 Å². The molecular weight excluding hydrogens is 318 g/mol. The summed E-state index contributed by atoms with van der Waals surface area (Å²) in [5.74, 6) is 0.899. The smallest absolute Gasteiger partial charge is 0.154 e. The Labute approximate surface area is 125 Å². The summed E-state index contributed by atoms with van der Waals surface area (Å²) in [6.07, 6.45) is 1.75. The summed E-state index contributed by atoms with van der Waals surface area (Å²) in [6.45, 7) is 4.10. The molecule has 0 aliphatic carbocycles. The zero-order valence-corrected chi connectivity index (χ0v) is 13.1. The zero-order valence-electron chi connectivity index (χ0n) is 11.5. The number of hydrogen-bond acceptors (Lipinski definition) is 3. The van der Waals surface area contributed by atoms with Crippen molar-refractivity contribution in [1.82, 2.24) is 14.6 Å². The van der Waals surface area contributed by atoms with Crippen LogP contribution in [0.4, 0.5) is 0 Å². The first-order chi connectivity index (χ1) is 9.60. The van der Waals surface area contributed by atoms with Crippen LogP contribution in [0.15, 0.2) is 35.1 Å². The van der Waals surface area contributed by atoms with Gasteiger partial charge in [-0.2, -0.15) is 5.10 Å². The van der Waals surface area contributed by atoms with Crippen molar-refractivity contribution >= 4 is 21.6 Å². The molecule has 0 N–H and O–H groups in total. The van der Waals surface area contributed by atoms with E-state index in [9.17, 15) is 0 Å². The van der Waals surface area contributed by atoms with Gasteiger partial charge >= 0.3 is 0 Å². The minimum absolute atomic E-state index is 0.823. The van der Waals surface area contributed by atoms with E-state index in [0.29, 0.717) is 0 Å². The number of fused-ring (bicyclic) bond motifs is 1. The molecule has 0 aliphatic rings. The molecule has 3 rings (SSSR count). The van der Waals surface area contributed by atoms with Crippen molar-refractivity contribution in [2.45, 2.75) is 13.8 Å². The molecule has 102 valence electrons. The van der Waals surface area contributed by atoms with E-state index in [2.05, 4.69) is 39.0 Å². The van der Waals surface area contributed by atoms with Crippen LogP contribution in [-0.4, -0.2) is 21.7 Å². The van der Waals surface area contributed by atoms with Crippen molar-refractivity contribution < 1.29 is 4.74 Å². The van der Waals surface area contributed by atoms with Crippen LogP contribution in [0.2, 0.25) is 0 Å². The Bertz CT molecular complexity index is 795. The number of nitrogens with zero attached hydrogens (tertiary/aromatic N) is 3. The Morgan fingerprint density at radius 3 is 2.70 bits per heavy atom. The predicted octanol–water partition coefficient (Wildman–Crippen LogP) is 3.78. The number of methoxy groups -OCH3 is 1. The highest BCUT2D eigenvalue weighted by molar-refractivity contribution is 9.10. The number of aromatic nitrogens is 3. The van der Waals surface area contributed by atoms with Crippen molar-refractivity contribution in [2.75, 3.05) is 7.11 Å². The predicted molar refractivity (Wildman–Crippen MR) is 82.1 cm³/mol. The third-order valence-electron chi connectivity index (χ3n) is 3.34. The number of ether oxygens (including phenoxy) is 1. The molecule has 5 heteroatoms. The van der Waals surface area contributed by atoms with Crippen molar-refractivity contribution in [1.29, 1.82) is 0 Å². The van der Waals surface area contributed by atoms with Crippen LogP contribution in [0.5, 0.6) is 5.75 Å². The van der Waals surface area contributed by atoms with Crippen molar-refractivity contribution in [3.8, 4) is 17.0 Å². The second kappa shape index (κ2) is 4.90. The highest BCUT2D eigenvalue weighted by atomic mass is 79.9. The number of hydrogen-bond donors (Lipinski definition) is 0. The van der Waals surface area contributed by atoms with E-state index >= 15 is 0 Å². The van der Waals surface area contributed by atoms with Crippen molar-refractivity contribution in [2.24, 2.45) is 0 Å². The maximum absolute atomic E-state index is 5.35. The maximum Gasteiger partial charge on any atom is 0.154 e. The molecule has 20 heavy (non-hydrogen) atoms. The Balaban J connectivity index is 2.19. The minimum atomic E-state index is 0.823. The highest BCUT2D eigenvalue weighted by Crippen LogP contribution is 2.29. The van der Waals surface area contributed by atoms with E-state index in [4.69, 9.17) is 4.74 Å². The fourth-order valence-electron chi connectivity index (χ4n) is 2.27. The molecular formula is C15H14BrN3O. The molecule has 0 amide bonds. The summed E-state index contributed by atoms with van der Waals surface area (Å²) in [5.41, 5.74) is 5.07. The lowest BCUT2D eigenvalue weighted by atomic mass is 10.0. The van der Waals surface area contributed by atoms with Gasteiger partial charge in [-0.25, -0.2) is 9.50 Å². The maximum atomic E-state index is 5.35. The molecule has 3 aromatic rings. The molecule has 0 spiro atoms. The normalized spacial score (nSPS) is 11.0. The first kappa shape index (κ1) is 13.1. The van der Waals surface area contributed by atoms with Crippen LogP contribution in [0.1, 0.15) is 11.1 Å². The van der Waals surface area contributed by atoms with Gasteiger partial charge in [0.25, 0.3) is 0 Å². The van der Waals surface area contributed by atoms with Crippen molar-refractivity contribution in [3.05, 3.63) is 46.2 Å². The molecule has 0 aliphatic heterocycles. The first-order valence-corrected chi connectivity index (χ1v) is 7.05. The zero-order chi connectivity index (χ0) is 14.3. The molecule has 0 saturated heterocycles. The molecule has 4 nitrogen and oxygen atoms in total. The van der Waals surface area contributed by atoms with Gasteiger partial charge < -0.3 is 4.74 Å². The summed E-state index contributed by atoms with van der Waals surface area (Å²) >= 11 is 3.45. The number of benzene rings is 1. The molecule has 0 bridgehead atoms. The fourth-order valence-corrected chi connectivity index (χ4v) is 2.64. The topological polar surface area (TPSA) is 39.4 Å². The average Bonchev–Trinajstić information content (AvgIpc) is 2.82. The molecule has 2 heterocycles. The molecule has 1 aromatic carbocycles. The third-order valence-corrected chi connectivity index (χ3v) is 3.88. The third kappa shape index (κ3) is 2.08. The standard InChI is InChI=1S/C15H14BrN3O/c1-9-7-13(20-3)10(2)6-11(9)12-4-5-15-17-8-14(16)19(15)18-12/h4-8H,1-3H3. The van der Waals surface area contributed by atoms with Gasteiger partial charge in [0, 0.05) is 5.56 Å². The van der Waals surface area contributed by atoms with Gasteiger partial charge in [-0.1, -0.05) is 0 Å². The lowest BCUT2D eigenvalue weighted by Gasteiger charge is -2.11. The van der Waals surface area contributed by atoms with Crippen LogP contribution in [-0.2, 0) is 0 Å². The van der Waals surface area contributed by atoms with E-state index in [1.807, 2.05) is 25.1 Å². The number of rotatable bonds is 2. The van der Waals surface area contributed by atoms with E-state index in [-0.39, 0.29) is 0 Å². The first-order valence-electron chi connectivity index (χ1n) is 6.26. The summed E-state index contributed by atoms with van der Waals surface area (Å²) < 4.78 is 7.98. The van der Waals surface area contributed by atoms with Crippen LogP contribution in [0, 0.1) is 13.8 Å². The fraction of sp³-hybridized carbons (Fsp3) is 0.200. The Hall–Kier alpha value is -1.88. The molecule has 0 fully saturated rings. The van der Waals surface area contributed by atoms with Gasteiger partial charge in [-0.05, 0) is 65.2 Å². The molecule has 0 atom stereocenters. The van der Waals surface area contributed by atoms with E-state index in [1.54, 1.807) is 17.8 Å². The van der Waals surface area contributed by atoms with Gasteiger partial charge in [-0.3, -0.25) is 0 Å². The summed E-state index contributed by atoms with van der Waals surface area (Å²) in [6, 6.07) is 8.10. The van der Waals surface area contributed by atoms with Gasteiger partial charge in [-0.15, -0.1) is 0 Å². The minimum Gasteiger partial charge on any atom is -0.496 e. The van der Waals surface area contributed by atoms with Gasteiger partial charge in [0.05, 0.1) is 19.0 Å². The molecule has 0 radical (unpaired) electrons. The Morgan fingerprint density at radius 2 is 1.95 bits per heavy atom. The van der Waals surface area contributed by atoms with Crippen LogP contribution < -0.4 is 4.74 Å². The highest BCUT2D eigenvalue weighted by Gasteiger charge is 2.10. The number of imidazole rings is 1. The summed E-state index contributed by atoms with van der Waals surface area (Å²) in [5, 5.41) is 4.63.